The molecule has 0 unspecified atom stereocenters. The van der Waals surface area contributed by atoms with E-state index in [9.17, 15) is 9.18 Å². The molecule has 166 valence electrons. The molecule has 0 N–H and O–H groups in total. The van der Waals surface area contributed by atoms with Gasteiger partial charge in [-0.2, -0.15) is 0 Å². The molecule has 5 nitrogen and oxygen atoms in total. The van der Waals surface area contributed by atoms with Crippen molar-refractivity contribution in [2.24, 2.45) is 5.92 Å². The Morgan fingerprint density at radius 2 is 1.71 bits per heavy atom. The summed E-state index contributed by atoms with van der Waals surface area (Å²) in [6.45, 7) is 8.54. The van der Waals surface area contributed by atoms with E-state index in [-0.39, 0.29) is 11.7 Å². The molecule has 31 heavy (non-hydrogen) atoms. The predicted molar refractivity (Wildman–Crippen MR) is 121 cm³/mol. The molecule has 2 aliphatic rings. The van der Waals surface area contributed by atoms with Crippen molar-refractivity contribution in [1.29, 1.82) is 0 Å². The minimum Gasteiger partial charge on any atom is -0.494 e. The van der Waals surface area contributed by atoms with E-state index in [1.165, 1.54) is 17.7 Å². The van der Waals surface area contributed by atoms with Crippen molar-refractivity contribution in [2.75, 3.05) is 50.8 Å². The molecule has 2 aromatic carbocycles. The van der Waals surface area contributed by atoms with Crippen molar-refractivity contribution in [3.8, 4) is 5.75 Å². The zero-order valence-electron chi connectivity index (χ0n) is 18.3. The molecule has 0 aromatic heterocycles. The smallest absolute Gasteiger partial charge is 0.225 e. The lowest BCUT2D eigenvalue weighted by atomic mass is 9.94. The van der Waals surface area contributed by atoms with Crippen molar-refractivity contribution in [3.05, 3.63) is 59.9 Å². The number of piperazine rings is 1. The summed E-state index contributed by atoms with van der Waals surface area (Å²) >= 11 is 0. The number of carbonyl (C=O) groups is 1. The SMILES string of the molecule is CCOc1cccc(CN2CCC(C(=O)N3CCN(c4ccc(F)cc4)CC3)CC2)c1. The minimum absolute atomic E-state index is 0.128. The average Bonchev–Trinajstić information content (AvgIpc) is 2.80. The summed E-state index contributed by atoms with van der Waals surface area (Å²) in [4.78, 5) is 19.7. The minimum atomic E-state index is -0.217. The maximum Gasteiger partial charge on any atom is 0.225 e. The van der Waals surface area contributed by atoms with Crippen LogP contribution in [0.1, 0.15) is 25.3 Å². The Hall–Kier alpha value is -2.60. The van der Waals surface area contributed by atoms with Crippen LogP contribution in [-0.4, -0.2) is 61.6 Å². The van der Waals surface area contributed by atoms with Crippen molar-refractivity contribution in [3.63, 3.8) is 0 Å². The third-order valence-electron chi connectivity index (χ3n) is 6.34. The molecule has 2 heterocycles. The Balaban J connectivity index is 1.23. The number of rotatable bonds is 6. The van der Waals surface area contributed by atoms with Crippen molar-refractivity contribution in [2.45, 2.75) is 26.3 Å². The topological polar surface area (TPSA) is 36.0 Å². The summed E-state index contributed by atoms with van der Waals surface area (Å²) in [5.74, 6) is 1.14. The number of nitrogens with zero attached hydrogens (tertiary/aromatic N) is 3. The van der Waals surface area contributed by atoms with Crippen LogP contribution in [0.5, 0.6) is 5.75 Å². The van der Waals surface area contributed by atoms with Gasteiger partial charge in [0.1, 0.15) is 11.6 Å². The fourth-order valence-electron chi connectivity index (χ4n) is 4.59. The lowest BCUT2D eigenvalue weighted by Crippen LogP contribution is -2.51. The Kier molecular flexibility index (Phi) is 7.07. The summed E-state index contributed by atoms with van der Waals surface area (Å²) in [6, 6.07) is 14.9. The number of anilines is 1. The highest BCUT2D eigenvalue weighted by atomic mass is 19.1. The maximum absolute atomic E-state index is 13.1. The van der Waals surface area contributed by atoms with E-state index < -0.39 is 0 Å². The molecule has 2 saturated heterocycles. The van der Waals surface area contributed by atoms with E-state index in [1.54, 1.807) is 0 Å². The van der Waals surface area contributed by atoms with Gasteiger partial charge in [0.15, 0.2) is 0 Å². The van der Waals surface area contributed by atoms with Gasteiger partial charge in [-0.15, -0.1) is 0 Å². The maximum atomic E-state index is 13.1. The summed E-state index contributed by atoms with van der Waals surface area (Å²) < 4.78 is 18.7. The highest BCUT2D eigenvalue weighted by molar-refractivity contribution is 5.79. The molecule has 0 radical (unpaired) electrons. The van der Waals surface area contributed by atoms with Crippen LogP contribution in [0.15, 0.2) is 48.5 Å². The fourth-order valence-corrected chi connectivity index (χ4v) is 4.59. The van der Waals surface area contributed by atoms with Gasteiger partial charge in [0.2, 0.25) is 5.91 Å². The van der Waals surface area contributed by atoms with Crippen LogP contribution in [0.4, 0.5) is 10.1 Å². The number of benzene rings is 2. The third-order valence-corrected chi connectivity index (χ3v) is 6.34. The zero-order chi connectivity index (χ0) is 21.6. The van der Waals surface area contributed by atoms with Gasteiger partial charge in [-0.25, -0.2) is 4.39 Å². The van der Waals surface area contributed by atoms with Gasteiger partial charge < -0.3 is 14.5 Å². The van der Waals surface area contributed by atoms with Gasteiger partial charge >= 0.3 is 0 Å². The number of ether oxygens (including phenoxy) is 1. The summed E-state index contributed by atoms with van der Waals surface area (Å²) in [6.07, 6.45) is 1.84. The molecule has 0 atom stereocenters. The van der Waals surface area contributed by atoms with Crippen LogP contribution in [0.3, 0.4) is 0 Å². The van der Waals surface area contributed by atoms with Crippen LogP contribution < -0.4 is 9.64 Å². The highest BCUT2D eigenvalue weighted by Gasteiger charge is 2.30. The molecule has 1 amide bonds. The van der Waals surface area contributed by atoms with Gasteiger partial charge in [-0.3, -0.25) is 9.69 Å². The van der Waals surface area contributed by atoms with E-state index in [4.69, 9.17) is 4.74 Å². The fraction of sp³-hybridized carbons (Fsp3) is 0.480. The second-order valence-electron chi connectivity index (χ2n) is 8.42. The van der Waals surface area contributed by atoms with Gasteiger partial charge in [0.25, 0.3) is 0 Å². The quantitative estimate of drug-likeness (QED) is 0.706. The second-order valence-corrected chi connectivity index (χ2v) is 8.42. The van der Waals surface area contributed by atoms with E-state index in [1.807, 2.05) is 36.1 Å². The Morgan fingerprint density at radius 1 is 1.00 bits per heavy atom. The van der Waals surface area contributed by atoms with Gasteiger partial charge in [0.05, 0.1) is 6.61 Å². The molecule has 6 heteroatoms. The second kappa shape index (κ2) is 10.1. The van der Waals surface area contributed by atoms with Crippen LogP contribution >= 0.6 is 0 Å². The third kappa shape index (κ3) is 5.56. The molecule has 2 aromatic rings. The van der Waals surface area contributed by atoms with Crippen molar-refractivity contribution >= 4 is 11.6 Å². The number of likely N-dealkylation sites (tertiary alicyclic amines) is 1. The largest absolute Gasteiger partial charge is 0.494 e. The number of carbonyl (C=O) groups excluding carboxylic acids is 1. The van der Waals surface area contributed by atoms with Gasteiger partial charge in [-0.05, 0) is 74.8 Å². The monoisotopic (exact) mass is 425 g/mol. The van der Waals surface area contributed by atoms with Crippen LogP contribution in [0.25, 0.3) is 0 Å². The van der Waals surface area contributed by atoms with Gasteiger partial charge in [0, 0.05) is 44.3 Å². The van der Waals surface area contributed by atoms with E-state index in [0.717, 1.165) is 70.1 Å². The Morgan fingerprint density at radius 3 is 2.39 bits per heavy atom. The average molecular weight is 426 g/mol. The molecular weight excluding hydrogens is 393 g/mol. The van der Waals surface area contributed by atoms with Crippen LogP contribution in [0.2, 0.25) is 0 Å². The lowest BCUT2D eigenvalue weighted by Gasteiger charge is -2.39. The van der Waals surface area contributed by atoms with Crippen LogP contribution in [0, 0.1) is 11.7 Å². The molecule has 0 spiro atoms. The van der Waals surface area contributed by atoms with E-state index in [0.29, 0.717) is 12.5 Å². The van der Waals surface area contributed by atoms with E-state index in [2.05, 4.69) is 21.9 Å². The first kappa shape index (κ1) is 21.6. The summed E-state index contributed by atoms with van der Waals surface area (Å²) in [5.41, 5.74) is 2.28. The molecule has 0 aliphatic carbocycles. The number of piperidine rings is 1. The number of hydrogen-bond acceptors (Lipinski definition) is 4. The Labute approximate surface area is 184 Å². The van der Waals surface area contributed by atoms with Crippen molar-refractivity contribution < 1.29 is 13.9 Å². The first-order valence-corrected chi connectivity index (χ1v) is 11.4. The number of halogens is 1. The normalized spacial score (nSPS) is 18.3. The highest BCUT2D eigenvalue weighted by Crippen LogP contribution is 2.24. The molecule has 2 aliphatic heterocycles. The van der Waals surface area contributed by atoms with Crippen LogP contribution in [-0.2, 0) is 11.3 Å². The summed E-state index contributed by atoms with van der Waals surface area (Å²) in [5, 5.41) is 0. The van der Waals surface area contributed by atoms with E-state index >= 15 is 0 Å². The molecule has 0 bridgehead atoms. The molecule has 2 fully saturated rings. The first-order valence-electron chi connectivity index (χ1n) is 11.4. The molecule has 0 saturated carbocycles. The number of hydrogen-bond donors (Lipinski definition) is 0. The number of amides is 1. The Bertz CT molecular complexity index is 857. The first-order chi connectivity index (χ1) is 15.1. The molecular formula is C25H32FN3O2. The standard InChI is InChI=1S/C25H32FN3O2/c1-2-31-24-5-3-4-20(18-24)19-27-12-10-21(11-13-27)25(30)29-16-14-28(15-17-29)23-8-6-22(26)7-9-23/h3-9,18,21H,2,10-17,19H2,1H3. The molecule has 4 rings (SSSR count). The zero-order valence-corrected chi connectivity index (χ0v) is 18.3. The van der Waals surface area contributed by atoms with Crippen molar-refractivity contribution in [1.82, 2.24) is 9.80 Å². The predicted octanol–water partition coefficient (Wildman–Crippen LogP) is 3.79. The van der Waals surface area contributed by atoms with Gasteiger partial charge in [-0.1, -0.05) is 12.1 Å². The summed E-state index contributed by atoms with van der Waals surface area (Å²) in [7, 11) is 0. The lowest BCUT2D eigenvalue weighted by molar-refractivity contribution is -0.137.